The van der Waals surface area contributed by atoms with Gasteiger partial charge in [0.15, 0.2) is 5.82 Å². The summed E-state index contributed by atoms with van der Waals surface area (Å²) in [4.78, 5) is 18.8. The minimum absolute atomic E-state index is 0.200. The van der Waals surface area contributed by atoms with Crippen LogP contribution in [0.1, 0.15) is 65.8 Å². The lowest BCUT2D eigenvalue weighted by Crippen LogP contribution is -2.25. The highest BCUT2D eigenvalue weighted by Crippen LogP contribution is 2.13. The Morgan fingerprint density at radius 1 is 1.30 bits per heavy atom. The molecule has 0 bridgehead atoms. The highest BCUT2D eigenvalue weighted by atomic mass is 16.1. The highest BCUT2D eigenvalue weighted by Gasteiger charge is 2.13. The first-order valence-electron chi connectivity index (χ1n) is 7.48. The fourth-order valence-electron chi connectivity index (χ4n) is 1.79. The molecule has 5 heteroatoms. The predicted octanol–water partition coefficient (Wildman–Crippen LogP) is 3.35. The van der Waals surface area contributed by atoms with Gasteiger partial charge in [-0.2, -0.15) is 0 Å². The predicted molar refractivity (Wildman–Crippen MR) is 86.1 cm³/mol. The van der Waals surface area contributed by atoms with Crippen molar-refractivity contribution < 1.29 is 0 Å². The van der Waals surface area contributed by atoms with Crippen LogP contribution in [0.25, 0.3) is 0 Å². The molecular weight excluding hydrogens is 252 g/mol. The Labute approximate surface area is 121 Å². The average Bonchev–Trinajstić information content (AvgIpc) is 2.47. The number of H-pyrrole nitrogens is 1. The number of hydrogen-bond donors (Lipinski definition) is 3. The van der Waals surface area contributed by atoms with Crippen molar-refractivity contribution in [1.29, 1.82) is 5.41 Å². The molecule has 20 heavy (non-hydrogen) atoms. The van der Waals surface area contributed by atoms with E-state index in [0.29, 0.717) is 35.4 Å². The van der Waals surface area contributed by atoms with Crippen molar-refractivity contribution in [2.75, 3.05) is 5.32 Å². The van der Waals surface area contributed by atoms with Gasteiger partial charge in [-0.1, -0.05) is 34.6 Å². The van der Waals surface area contributed by atoms with Crippen LogP contribution in [0.4, 0.5) is 5.82 Å². The Kier molecular flexibility index (Phi) is 8.52. The molecule has 0 atom stereocenters. The normalized spacial score (nSPS) is 9.95. The summed E-state index contributed by atoms with van der Waals surface area (Å²) in [5.41, 5.74) is 1.11. The van der Waals surface area contributed by atoms with Crippen LogP contribution in [0.5, 0.6) is 0 Å². The fourth-order valence-corrected chi connectivity index (χ4v) is 1.79. The zero-order chi connectivity index (χ0) is 15.7. The molecule has 3 N–H and O–H groups in total. The lowest BCUT2D eigenvalue weighted by molar-refractivity contribution is 0.666. The molecule has 0 aromatic carbocycles. The van der Waals surface area contributed by atoms with Crippen LogP contribution in [0, 0.1) is 5.41 Å². The second-order valence-corrected chi connectivity index (χ2v) is 4.37. The van der Waals surface area contributed by atoms with E-state index < -0.39 is 0 Å². The van der Waals surface area contributed by atoms with Crippen LogP contribution in [0.15, 0.2) is 4.79 Å². The van der Waals surface area contributed by atoms with Crippen LogP contribution in [-0.4, -0.2) is 21.7 Å². The molecule has 0 radical (unpaired) electrons. The van der Waals surface area contributed by atoms with Crippen molar-refractivity contribution in [2.24, 2.45) is 0 Å². The van der Waals surface area contributed by atoms with Gasteiger partial charge in [-0.3, -0.25) is 4.79 Å². The molecule has 0 spiro atoms. The summed E-state index contributed by atoms with van der Waals surface area (Å²) in [7, 11) is 0. The standard InChI is InChI=1S/C13H22N4O.C2H6/c1-5-9(6-2)15-12-11(8(4)14)17-13(18)10(7-3)16-12;1-2/h9,14H,5-7H2,1-4H3,(H,15,16)(H,17,18);1-2H3. The van der Waals surface area contributed by atoms with E-state index in [1.165, 1.54) is 0 Å². The van der Waals surface area contributed by atoms with E-state index in [2.05, 4.69) is 29.1 Å². The zero-order valence-electron chi connectivity index (χ0n) is 13.6. The van der Waals surface area contributed by atoms with Crippen LogP contribution in [0.3, 0.4) is 0 Å². The Hall–Kier alpha value is -1.65. The molecule has 0 aliphatic carbocycles. The Morgan fingerprint density at radius 3 is 2.25 bits per heavy atom. The van der Waals surface area contributed by atoms with Crippen molar-refractivity contribution in [3.05, 3.63) is 21.7 Å². The number of nitrogens with one attached hydrogen (secondary N) is 3. The van der Waals surface area contributed by atoms with Crippen molar-refractivity contribution >= 4 is 11.5 Å². The Morgan fingerprint density at radius 2 is 1.85 bits per heavy atom. The summed E-state index contributed by atoms with van der Waals surface area (Å²) in [6, 6.07) is 0.311. The first kappa shape index (κ1) is 18.4. The van der Waals surface area contributed by atoms with Gasteiger partial charge in [0.25, 0.3) is 5.56 Å². The Bertz CT molecular complexity index is 475. The fraction of sp³-hybridized carbons (Fsp3) is 0.667. The molecule has 0 fully saturated rings. The molecule has 0 amide bonds. The number of nitrogens with zero attached hydrogens (tertiary/aromatic N) is 1. The minimum Gasteiger partial charge on any atom is -0.366 e. The SMILES string of the molecule is CC.CCc1nc(NC(CC)CC)c(C(C)=N)[nH]c1=O. The number of aromatic nitrogens is 2. The number of aromatic amines is 1. The molecule has 1 aromatic rings. The van der Waals surface area contributed by atoms with E-state index in [1.54, 1.807) is 6.92 Å². The van der Waals surface area contributed by atoms with Crippen molar-refractivity contribution in [1.82, 2.24) is 9.97 Å². The third-order valence-electron chi connectivity index (χ3n) is 3.02. The first-order valence-corrected chi connectivity index (χ1v) is 7.48. The van der Waals surface area contributed by atoms with E-state index in [0.717, 1.165) is 12.8 Å². The van der Waals surface area contributed by atoms with Crippen molar-refractivity contribution in [3.63, 3.8) is 0 Å². The first-order chi connectivity index (χ1) is 9.53. The minimum atomic E-state index is -0.200. The molecule has 1 aromatic heterocycles. The topological polar surface area (TPSA) is 81.6 Å². The van der Waals surface area contributed by atoms with Gasteiger partial charge in [0, 0.05) is 6.04 Å². The Balaban J connectivity index is 0.00000172. The summed E-state index contributed by atoms with van der Waals surface area (Å²) < 4.78 is 0. The number of aryl methyl sites for hydroxylation is 1. The maximum atomic E-state index is 11.7. The summed E-state index contributed by atoms with van der Waals surface area (Å²) in [5, 5.41) is 11.0. The largest absolute Gasteiger partial charge is 0.366 e. The molecule has 0 aliphatic rings. The van der Waals surface area contributed by atoms with Crippen LogP contribution in [-0.2, 0) is 6.42 Å². The van der Waals surface area contributed by atoms with Gasteiger partial charge in [-0.25, -0.2) is 4.98 Å². The monoisotopic (exact) mass is 280 g/mol. The van der Waals surface area contributed by atoms with Gasteiger partial charge in [0.05, 0.1) is 5.71 Å². The molecule has 0 saturated heterocycles. The van der Waals surface area contributed by atoms with E-state index in [9.17, 15) is 4.79 Å². The molecule has 5 nitrogen and oxygen atoms in total. The number of anilines is 1. The second kappa shape index (κ2) is 9.28. The third-order valence-corrected chi connectivity index (χ3v) is 3.02. The highest BCUT2D eigenvalue weighted by molar-refractivity contribution is 5.98. The van der Waals surface area contributed by atoms with Crippen molar-refractivity contribution in [3.8, 4) is 0 Å². The lowest BCUT2D eigenvalue weighted by Gasteiger charge is -2.18. The van der Waals surface area contributed by atoms with Gasteiger partial charge in [-0.05, 0) is 26.2 Å². The third kappa shape index (κ3) is 4.79. The van der Waals surface area contributed by atoms with Gasteiger partial charge < -0.3 is 15.7 Å². The van der Waals surface area contributed by atoms with Crippen LogP contribution < -0.4 is 10.9 Å². The molecule has 1 heterocycles. The zero-order valence-corrected chi connectivity index (χ0v) is 13.6. The van der Waals surface area contributed by atoms with E-state index in [4.69, 9.17) is 5.41 Å². The quantitative estimate of drug-likeness (QED) is 0.699. The van der Waals surface area contributed by atoms with Crippen LogP contribution >= 0.6 is 0 Å². The maximum Gasteiger partial charge on any atom is 0.270 e. The molecular formula is C15H28N4O. The molecule has 0 aliphatic heterocycles. The maximum absolute atomic E-state index is 11.7. The smallest absolute Gasteiger partial charge is 0.270 e. The van der Waals surface area contributed by atoms with Gasteiger partial charge in [0.2, 0.25) is 0 Å². The summed E-state index contributed by atoms with van der Waals surface area (Å²) in [6.45, 7) is 11.8. The molecule has 114 valence electrons. The summed E-state index contributed by atoms with van der Waals surface area (Å²) in [6.07, 6.45) is 2.55. The van der Waals surface area contributed by atoms with E-state index in [-0.39, 0.29) is 5.56 Å². The van der Waals surface area contributed by atoms with Crippen molar-refractivity contribution in [2.45, 2.75) is 66.8 Å². The van der Waals surface area contributed by atoms with Crippen LogP contribution in [0.2, 0.25) is 0 Å². The van der Waals surface area contributed by atoms with E-state index in [1.807, 2.05) is 20.8 Å². The number of hydrogen-bond acceptors (Lipinski definition) is 4. The number of rotatable bonds is 6. The van der Waals surface area contributed by atoms with Gasteiger partial charge in [-0.15, -0.1) is 0 Å². The lowest BCUT2D eigenvalue weighted by atomic mass is 10.1. The van der Waals surface area contributed by atoms with E-state index >= 15 is 0 Å². The molecule has 1 rings (SSSR count). The van der Waals surface area contributed by atoms with Gasteiger partial charge in [0.1, 0.15) is 11.4 Å². The van der Waals surface area contributed by atoms with Gasteiger partial charge >= 0.3 is 0 Å². The second-order valence-electron chi connectivity index (χ2n) is 4.37. The summed E-state index contributed by atoms with van der Waals surface area (Å²) >= 11 is 0. The average molecular weight is 280 g/mol. The summed E-state index contributed by atoms with van der Waals surface area (Å²) in [5.74, 6) is 0.618. The molecule has 0 unspecified atom stereocenters. The molecule has 0 saturated carbocycles.